The number of rotatable bonds is 4. The number of hydrogen-bond acceptors (Lipinski definition) is 7. The number of hydrogen-bond donors (Lipinski definition) is 1. The molecule has 2 rings (SSSR count). The lowest BCUT2D eigenvalue weighted by Crippen LogP contribution is -2.37. The highest BCUT2D eigenvalue weighted by Gasteiger charge is 2.25. The normalized spacial score (nSPS) is 14.4. The molecule has 1 fully saturated rings. The van der Waals surface area contributed by atoms with Gasteiger partial charge in [-0.25, -0.2) is 4.79 Å². The number of likely N-dealkylation sites (tertiary alicyclic amines) is 1. The quantitative estimate of drug-likeness (QED) is 0.818. The van der Waals surface area contributed by atoms with Crippen LogP contribution in [0.2, 0.25) is 0 Å². The van der Waals surface area contributed by atoms with Crippen LogP contribution >= 0.6 is 11.5 Å². The van der Waals surface area contributed by atoms with Crippen molar-refractivity contribution in [3.8, 4) is 0 Å². The van der Waals surface area contributed by atoms with Crippen LogP contribution < -0.4 is 10.6 Å². The zero-order valence-electron chi connectivity index (χ0n) is 11.6. The summed E-state index contributed by atoms with van der Waals surface area (Å²) in [6.07, 6.45) is 2.10. The highest BCUT2D eigenvalue weighted by Crippen LogP contribution is 2.30. The van der Waals surface area contributed by atoms with E-state index in [1.807, 2.05) is 4.90 Å². The van der Waals surface area contributed by atoms with Gasteiger partial charge in [0.2, 0.25) is 5.91 Å². The van der Waals surface area contributed by atoms with Crippen molar-refractivity contribution in [3.63, 3.8) is 0 Å². The molecule has 1 aliphatic rings. The van der Waals surface area contributed by atoms with E-state index in [1.165, 1.54) is 7.11 Å². The van der Waals surface area contributed by atoms with Crippen LogP contribution in [-0.4, -0.2) is 54.9 Å². The number of methoxy groups -OCH3 is 1. The van der Waals surface area contributed by atoms with Crippen molar-refractivity contribution in [3.05, 3.63) is 5.56 Å². The molecule has 1 saturated heterocycles. The first-order chi connectivity index (χ1) is 9.54. The monoisotopic (exact) mass is 298 g/mol. The molecular weight excluding hydrogens is 280 g/mol. The average molecular weight is 298 g/mol. The van der Waals surface area contributed by atoms with Gasteiger partial charge >= 0.3 is 5.97 Å². The van der Waals surface area contributed by atoms with E-state index in [0.29, 0.717) is 5.00 Å². The lowest BCUT2D eigenvalue weighted by molar-refractivity contribution is -0.128. The van der Waals surface area contributed by atoms with Gasteiger partial charge in [0.1, 0.15) is 10.6 Å². The van der Waals surface area contributed by atoms with Crippen LogP contribution in [0.15, 0.2) is 0 Å². The number of ether oxygens (including phenoxy) is 1. The molecule has 1 aromatic heterocycles. The van der Waals surface area contributed by atoms with Gasteiger partial charge in [-0.2, -0.15) is 4.37 Å². The van der Waals surface area contributed by atoms with Gasteiger partial charge in [-0.15, -0.1) is 0 Å². The van der Waals surface area contributed by atoms with Gasteiger partial charge in [0, 0.05) is 20.1 Å². The Hall–Kier alpha value is -1.83. The second-order valence-corrected chi connectivity index (χ2v) is 5.44. The second kappa shape index (κ2) is 6.08. The van der Waals surface area contributed by atoms with Crippen LogP contribution in [0.25, 0.3) is 0 Å². The van der Waals surface area contributed by atoms with E-state index < -0.39 is 5.97 Å². The molecule has 0 aliphatic carbocycles. The Labute approximate surface area is 121 Å². The van der Waals surface area contributed by atoms with Gasteiger partial charge in [0.15, 0.2) is 5.82 Å². The third-order valence-corrected chi connectivity index (χ3v) is 4.24. The van der Waals surface area contributed by atoms with E-state index >= 15 is 0 Å². The molecular formula is C12H18N4O3S. The number of esters is 1. The average Bonchev–Trinajstić information content (AvgIpc) is 3.06. The molecule has 0 spiro atoms. The van der Waals surface area contributed by atoms with E-state index in [4.69, 9.17) is 10.5 Å². The molecule has 20 heavy (non-hydrogen) atoms. The Morgan fingerprint density at radius 3 is 2.70 bits per heavy atom. The topological polar surface area (TPSA) is 88.8 Å². The van der Waals surface area contributed by atoms with Crippen LogP contribution in [0.5, 0.6) is 0 Å². The first-order valence-corrected chi connectivity index (χ1v) is 7.14. The minimum Gasteiger partial charge on any atom is -0.465 e. The van der Waals surface area contributed by atoms with Crippen molar-refractivity contribution < 1.29 is 14.3 Å². The smallest absolute Gasteiger partial charge is 0.344 e. The molecule has 0 bridgehead atoms. The molecule has 1 aromatic rings. The summed E-state index contributed by atoms with van der Waals surface area (Å²) in [6.45, 7) is 1.81. The molecule has 2 N–H and O–H groups in total. The molecule has 1 amide bonds. The van der Waals surface area contributed by atoms with Crippen molar-refractivity contribution in [1.29, 1.82) is 0 Å². The predicted molar refractivity (Wildman–Crippen MR) is 76.9 cm³/mol. The first-order valence-electron chi connectivity index (χ1n) is 6.37. The van der Waals surface area contributed by atoms with Crippen molar-refractivity contribution >= 4 is 34.2 Å². The van der Waals surface area contributed by atoms with Crippen molar-refractivity contribution in [1.82, 2.24) is 9.27 Å². The van der Waals surface area contributed by atoms with Gasteiger partial charge in [0.05, 0.1) is 13.7 Å². The summed E-state index contributed by atoms with van der Waals surface area (Å²) in [6, 6.07) is 0. The summed E-state index contributed by atoms with van der Waals surface area (Å²) < 4.78 is 8.66. The maximum absolute atomic E-state index is 12.1. The maximum atomic E-state index is 12.1. The molecule has 2 heterocycles. The van der Waals surface area contributed by atoms with Crippen LogP contribution in [0, 0.1) is 0 Å². The number of carbonyl (C=O) groups is 2. The Morgan fingerprint density at radius 2 is 2.10 bits per heavy atom. The Bertz CT molecular complexity index is 511. The van der Waals surface area contributed by atoms with Crippen molar-refractivity contribution in [2.45, 2.75) is 12.8 Å². The summed E-state index contributed by atoms with van der Waals surface area (Å²) in [7, 11) is 3.03. The molecule has 0 atom stereocenters. The van der Waals surface area contributed by atoms with Gasteiger partial charge < -0.3 is 20.3 Å². The van der Waals surface area contributed by atoms with Crippen LogP contribution in [0.4, 0.5) is 10.8 Å². The number of carbonyl (C=O) groups excluding carboxylic acids is 2. The van der Waals surface area contributed by atoms with Crippen molar-refractivity contribution in [2.75, 3.05) is 44.4 Å². The Kier molecular flexibility index (Phi) is 4.43. The number of amides is 1. The highest BCUT2D eigenvalue weighted by molar-refractivity contribution is 7.11. The fourth-order valence-corrected chi connectivity index (χ4v) is 2.95. The summed E-state index contributed by atoms with van der Waals surface area (Å²) in [5.41, 5.74) is 5.92. The zero-order valence-corrected chi connectivity index (χ0v) is 12.4. The van der Waals surface area contributed by atoms with Gasteiger partial charge in [0.25, 0.3) is 0 Å². The number of nitrogens with zero attached hydrogens (tertiary/aromatic N) is 3. The third-order valence-electron chi connectivity index (χ3n) is 3.27. The molecule has 7 nitrogen and oxygen atoms in total. The molecule has 0 unspecified atom stereocenters. The summed E-state index contributed by atoms with van der Waals surface area (Å²) in [5.74, 6) is -0.350. The lowest BCUT2D eigenvalue weighted by atomic mass is 10.3. The van der Waals surface area contributed by atoms with Gasteiger partial charge in [-0.3, -0.25) is 4.79 Å². The molecule has 110 valence electrons. The molecule has 0 saturated carbocycles. The molecule has 0 radical (unpaired) electrons. The van der Waals surface area contributed by atoms with Crippen LogP contribution in [-0.2, 0) is 9.53 Å². The van der Waals surface area contributed by atoms with E-state index in [1.54, 1.807) is 11.9 Å². The number of nitrogens with two attached hydrogens (primary N) is 1. The number of anilines is 2. The van der Waals surface area contributed by atoms with Crippen LogP contribution in [0.1, 0.15) is 23.2 Å². The van der Waals surface area contributed by atoms with Crippen molar-refractivity contribution in [2.24, 2.45) is 0 Å². The molecule has 8 heteroatoms. The second-order valence-electron chi connectivity index (χ2n) is 4.68. The van der Waals surface area contributed by atoms with Gasteiger partial charge in [-0.05, 0) is 24.4 Å². The fraction of sp³-hybridized carbons (Fsp3) is 0.583. The zero-order chi connectivity index (χ0) is 14.7. The Balaban J connectivity index is 2.11. The molecule has 0 aromatic carbocycles. The van der Waals surface area contributed by atoms with E-state index in [9.17, 15) is 9.59 Å². The lowest BCUT2D eigenvalue weighted by Gasteiger charge is -2.21. The first kappa shape index (κ1) is 14.6. The largest absolute Gasteiger partial charge is 0.465 e. The predicted octanol–water partition coefficient (Wildman–Crippen LogP) is 0.571. The summed E-state index contributed by atoms with van der Waals surface area (Å²) >= 11 is 1.09. The summed E-state index contributed by atoms with van der Waals surface area (Å²) in [4.78, 5) is 27.3. The maximum Gasteiger partial charge on any atom is 0.344 e. The van der Waals surface area contributed by atoms with Gasteiger partial charge in [-0.1, -0.05) is 0 Å². The fourth-order valence-electron chi connectivity index (χ4n) is 2.19. The number of aromatic nitrogens is 1. The minimum atomic E-state index is -0.535. The van der Waals surface area contributed by atoms with Crippen LogP contribution in [0.3, 0.4) is 0 Å². The minimum absolute atomic E-state index is 0.0489. The van der Waals surface area contributed by atoms with E-state index in [2.05, 4.69) is 4.37 Å². The van der Waals surface area contributed by atoms with E-state index in [0.717, 1.165) is 37.5 Å². The third kappa shape index (κ3) is 2.84. The summed E-state index contributed by atoms with van der Waals surface area (Å²) in [5, 5.41) is 0.557. The van der Waals surface area contributed by atoms with E-state index in [-0.39, 0.29) is 23.8 Å². The molecule has 1 aliphatic heterocycles. The number of likely N-dealkylation sites (N-methyl/N-ethyl adjacent to an activating group) is 1. The number of nitrogen functional groups attached to an aromatic ring is 1. The Morgan fingerprint density at radius 1 is 1.45 bits per heavy atom. The SMILES string of the molecule is COC(=O)c1c(N)nsc1N(C)CC(=O)N1CCCC1. The standard InChI is InChI=1S/C12H18N4O3S/c1-15(7-8(17)16-5-3-4-6-16)11-9(12(18)19-2)10(13)14-20-11/h3-7H2,1-2H3,(H2,13,14). The highest BCUT2D eigenvalue weighted by atomic mass is 32.1.